The van der Waals surface area contributed by atoms with Crippen LogP contribution in [0.3, 0.4) is 0 Å². The Hall–Kier alpha value is -3.38. The molecule has 202 valence electrons. The molecule has 4 rings (SSSR count). The lowest BCUT2D eigenvalue weighted by molar-refractivity contribution is -0.145. The van der Waals surface area contributed by atoms with E-state index in [1.54, 1.807) is 25.1 Å². The third-order valence-electron chi connectivity index (χ3n) is 6.40. The summed E-state index contributed by atoms with van der Waals surface area (Å²) in [6.07, 6.45) is -0.701. The van der Waals surface area contributed by atoms with Gasteiger partial charge in [0, 0.05) is 43.8 Å². The highest BCUT2D eigenvalue weighted by atomic mass is 32.2. The van der Waals surface area contributed by atoms with E-state index in [4.69, 9.17) is 0 Å². The van der Waals surface area contributed by atoms with Crippen molar-refractivity contribution in [2.24, 2.45) is 5.92 Å². The monoisotopic (exact) mass is 547 g/mol. The normalized spacial score (nSPS) is 16.0. The van der Waals surface area contributed by atoms with Gasteiger partial charge < -0.3 is 5.32 Å². The fraction of sp³-hybridized carbons (Fsp3) is 0.385. The number of pyridine rings is 1. The van der Waals surface area contributed by atoms with Crippen LogP contribution in [0.4, 0.5) is 13.2 Å². The molecule has 0 fully saturated rings. The van der Waals surface area contributed by atoms with Gasteiger partial charge in [0.25, 0.3) is 5.91 Å². The van der Waals surface area contributed by atoms with Crippen molar-refractivity contribution in [2.75, 3.05) is 5.75 Å². The van der Waals surface area contributed by atoms with E-state index in [0.717, 1.165) is 16.8 Å². The molecule has 1 aliphatic rings. The number of alkyl halides is 3. The quantitative estimate of drug-likeness (QED) is 0.448. The minimum absolute atomic E-state index is 0.0155. The molecule has 3 aromatic rings. The molecule has 0 bridgehead atoms. The number of amides is 1. The second kappa shape index (κ2) is 10.8. The molecule has 12 heteroatoms. The van der Waals surface area contributed by atoms with Crippen LogP contribution in [-0.2, 0) is 35.6 Å². The van der Waals surface area contributed by atoms with Gasteiger partial charge in [0.1, 0.15) is 0 Å². The Balaban J connectivity index is 1.44. The zero-order chi connectivity index (χ0) is 27.7. The molecule has 0 aliphatic carbocycles. The van der Waals surface area contributed by atoms with E-state index >= 15 is 0 Å². The van der Waals surface area contributed by atoms with Gasteiger partial charge in [-0.05, 0) is 35.2 Å². The van der Waals surface area contributed by atoms with Gasteiger partial charge >= 0.3 is 6.18 Å². The van der Waals surface area contributed by atoms with Gasteiger partial charge in [-0.2, -0.15) is 13.2 Å². The summed E-state index contributed by atoms with van der Waals surface area (Å²) >= 11 is 0. The van der Waals surface area contributed by atoms with Gasteiger partial charge in [0.15, 0.2) is 9.84 Å². The number of hydrogen-bond donors (Lipinski definition) is 1. The Bertz CT molecular complexity index is 1410. The van der Waals surface area contributed by atoms with Crippen molar-refractivity contribution in [3.63, 3.8) is 0 Å². The van der Waals surface area contributed by atoms with Crippen molar-refractivity contribution in [3.05, 3.63) is 82.7 Å². The third kappa shape index (κ3) is 6.02. The standard InChI is InChI=1S/C26H28F3N5O3S/c1-4-38(36,37)21-7-5-17(6-8-21)10-31-24(35)19-9-20-15-34(23(16(2)3)22(20)30-13-19)14-18-11-32-25(33-12-18)26(27,28)29/h5-9,11-13,16,23H,4,10,14-15H2,1-3H3,(H,31,35). The predicted molar refractivity (Wildman–Crippen MR) is 133 cm³/mol. The molecule has 1 N–H and O–H groups in total. The van der Waals surface area contributed by atoms with Gasteiger partial charge in [0.2, 0.25) is 5.82 Å². The summed E-state index contributed by atoms with van der Waals surface area (Å²) in [6.45, 7) is 6.69. The Kier molecular flexibility index (Phi) is 7.84. The summed E-state index contributed by atoms with van der Waals surface area (Å²) < 4.78 is 62.3. The first-order chi connectivity index (χ1) is 17.9. The molecular weight excluding hydrogens is 519 g/mol. The van der Waals surface area contributed by atoms with Crippen molar-refractivity contribution >= 4 is 15.7 Å². The van der Waals surface area contributed by atoms with Crippen LogP contribution in [0, 0.1) is 5.92 Å². The number of nitrogens with zero attached hydrogens (tertiary/aromatic N) is 4. The Labute approximate surface area is 219 Å². The van der Waals surface area contributed by atoms with E-state index in [1.165, 1.54) is 30.7 Å². The van der Waals surface area contributed by atoms with E-state index in [2.05, 4.69) is 25.2 Å². The number of aromatic nitrogens is 3. The zero-order valence-corrected chi connectivity index (χ0v) is 22.0. The molecule has 38 heavy (non-hydrogen) atoms. The highest BCUT2D eigenvalue weighted by molar-refractivity contribution is 7.91. The molecule has 1 aliphatic heterocycles. The second-order valence-corrected chi connectivity index (χ2v) is 11.8. The average Bonchev–Trinajstić information content (AvgIpc) is 3.24. The Morgan fingerprint density at radius 1 is 1.08 bits per heavy atom. The lowest BCUT2D eigenvalue weighted by Crippen LogP contribution is -2.26. The molecule has 1 unspecified atom stereocenters. The molecule has 8 nitrogen and oxygen atoms in total. The Morgan fingerprint density at radius 3 is 2.32 bits per heavy atom. The Morgan fingerprint density at radius 2 is 1.74 bits per heavy atom. The van der Waals surface area contributed by atoms with Crippen LogP contribution in [-0.4, -0.2) is 39.9 Å². The highest BCUT2D eigenvalue weighted by Gasteiger charge is 2.36. The third-order valence-corrected chi connectivity index (χ3v) is 8.15. The fourth-order valence-corrected chi connectivity index (χ4v) is 5.39. The molecular formula is C26H28F3N5O3S. The van der Waals surface area contributed by atoms with Crippen LogP contribution < -0.4 is 5.32 Å². The van der Waals surface area contributed by atoms with Crippen LogP contribution in [0.2, 0.25) is 0 Å². The summed E-state index contributed by atoms with van der Waals surface area (Å²) in [5, 5.41) is 2.83. The lowest BCUT2D eigenvalue weighted by Gasteiger charge is -2.27. The van der Waals surface area contributed by atoms with Crippen LogP contribution in [0.1, 0.15) is 65.4 Å². The van der Waals surface area contributed by atoms with Crippen molar-refractivity contribution in [2.45, 2.75) is 57.5 Å². The van der Waals surface area contributed by atoms with E-state index in [-0.39, 0.29) is 35.1 Å². The van der Waals surface area contributed by atoms with E-state index in [0.29, 0.717) is 24.2 Å². The number of rotatable bonds is 8. The smallest absolute Gasteiger partial charge is 0.348 e. The summed E-state index contributed by atoms with van der Waals surface area (Å²) in [4.78, 5) is 26.6. The number of fused-ring (bicyclic) bond motifs is 1. The van der Waals surface area contributed by atoms with Crippen LogP contribution in [0.25, 0.3) is 0 Å². The topological polar surface area (TPSA) is 105 Å². The van der Waals surface area contributed by atoms with E-state index < -0.39 is 21.8 Å². The van der Waals surface area contributed by atoms with Crippen LogP contribution >= 0.6 is 0 Å². The first-order valence-electron chi connectivity index (χ1n) is 12.1. The molecule has 1 atom stereocenters. The number of sulfone groups is 1. The molecule has 3 heterocycles. The minimum atomic E-state index is -4.59. The van der Waals surface area contributed by atoms with Crippen molar-refractivity contribution in [3.8, 4) is 0 Å². The maximum atomic E-state index is 12.8. The van der Waals surface area contributed by atoms with Gasteiger partial charge in [-0.1, -0.05) is 32.9 Å². The van der Waals surface area contributed by atoms with Crippen LogP contribution in [0.5, 0.6) is 0 Å². The zero-order valence-electron chi connectivity index (χ0n) is 21.2. The molecule has 1 amide bonds. The number of carbonyl (C=O) groups is 1. The molecule has 1 aromatic carbocycles. The first kappa shape index (κ1) is 27.6. The van der Waals surface area contributed by atoms with Gasteiger partial charge in [-0.3, -0.25) is 14.7 Å². The number of nitrogens with one attached hydrogen (secondary N) is 1. The van der Waals surface area contributed by atoms with E-state index in [1.807, 2.05) is 13.8 Å². The van der Waals surface area contributed by atoms with Crippen molar-refractivity contribution in [1.29, 1.82) is 0 Å². The SMILES string of the molecule is CCS(=O)(=O)c1ccc(CNC(=O)c2cnc3c(c2)CN(Cc2cnc(C(F)(F)F)nc2)C3C(C)C)cc1. The number of hydrogen-bond acceptors (Lipinski definition) is 7. The highest BCUT2D eigenvalue weighted by Crippen LogP contribution is 2.38. The van der Waals surface area contributed by atoms with E-state index in [9.17, 15) is 26.4 Å². The largest absolute Gasteiger partial charge is 0.451 e. The van der Waals surface area contributed by atoms with Crippen LogP contribution in [0.15, 0.2) is 53.8 Å². The van der Waals surface area contributed by atoms with Gasteiger partial charge in [-0.15, -0.1) is 0 Å². The number of carbonyl (C=O) groups excluding carboxylic acids is 1. The summed E-state index contributed by atoms with van der Waals surface area (Å²) in [5.74, 6) is -1.31. The van der Waals surface area contributed by atoms with Crippen molar-refractivity contribution in [1.82, 2.24) is 25.2 Å². The summed E-state index contributed by atoms with van der Waals surface area (Å²) in [6, 6.07) is 8.09. The number of halogens is 3. The minimum Gasteiger partial charge on any atom is -0.348 e. The summed E-state index contributed by atoms with van der Waals surface area (Å²) in [7, 11) is -3.29. The fourth-order valence-electron chi connectivity index (χ4n) is 4.50. The van der Waals surface area contributed by atoms with Crippen molar-refractivity contribution < 1.29 is 26.4 Å². The van der Waals surface area contributed by atoms with Gasteiger partial charge in [-0.25, -0.2) is 18.4 Å². The lowest BCUT2D eigenvalue weighted by atomic mass is 9.99. The predicted octanol–water partition coefficient (Wildman–Crippen LogP) is 4.33. The maximum absolute atomic E-state index is 12.8. The first-order valence-corrected chi connectivity index (χ1v) is 13.7. The second-order valence-electron chi connectivity index (χ2n) is 9.50. The summed E-state index contributed by atoms with van der Waals surface area (Å²) in [5.41, 5.74) is 3.39. The molecule has 0 spiro atoms. The molecule has 0 saturated heterocycles. The maximum Gasteiger partial charge on any atom is 0.451 e. The van der Waals surface area contributed by atoms with Gasteiger partial charge in [0.05, 0.1) is 27.9 Å². The molecule has 2 aromatic heterocycles. The number of benzene rings is 1. The molecule has 0 radical (unpaired) electrons. The average molecular weight is 548 g/mol. The molecule has 0 saturated carbocycles.